The summed E-state index contributed by atoms with van der Waals surface area (Å²) in [6, 6.07) is 8.13. The third kappa shape index (κ3) is 4.26. The molecule has 1 amide bonds. The molecule has 0 unspecified atom stereocenters. The minimum Gasteiger partial charge on any atom is -0.460 e. The van der Waals surface area contributed by atoms with Gasteiger partial charge in [-0.25, -0.2) is 10.2 Å². The van der Waals surface area contributed by atoms with Gasteiger partial charge in [0.25, 0.3) is 11.6 Å². The van der Waals surface area contributed by atoms with E-state index in [-0.39, 0.29) is 29.4 Å². The molecule has 0 fully saturated rings. The van der Waals surface area contributed by atoms with E-state index in [1.54, 1.807) is 6.92 Å². The highest BCUT2D eigenvalue weighted by molar-refractivity contribution is 5.95. The fraction of sp³-hybridized carbons (Fsp3) is 0.133. The number of amides is 1. The average molecular weight is 331 g/mol. The van der Waals surface area contributed by atoms with E-state index in [4.69, 9.17) is 9.15 Å². The van der Waals surface area contributed by atoms with Crippen LogP contribution < -0.4 is 5.43 Å². The Morgan fingerprint density at radius 2 is 2.17 bits per heavy atom. The number of nitrogens with one attached hydrogen (secondary N) is 1. The zero-order valence-electron chi connectivity index (χ0n) is 12.6. The van der Waals surface area contributed by atoms with Gasteiger partial charge in [0, 0.05) is 17.7 Å². The van der Waals surface area contributed by atoms with E-state index in [1.165, 1.54) is 36.5 Å². The predicted octanol–water partition coefficient (Wildman–Crippen LogP) is 2.13. The molecule has 2 aromatic rings. The van der Waals surface area contributed by atoms with E-state index in [2.05, 4.69) is 10.5 Å². The standard InChI is InChI=1S/C15H13N3O6/c1-2-23-15(20)13-7-6-12(24-13)9-16-17-14(19)10-4-3-5-11(8-10)18(21)22/h3-9H,2H2,1H3,(H,17,19)/b16-9+. The number of furan rings is 1. The summed E-state index contributed by atoms with van der Waals surface area (Å²) >= 11 is 0. The van der Waals surface area contributed by atoms with Crippen molar-refractivity contribution in [3.05, 3.63) is 63.6 Å². The number of non-ortho nitro benzene ring substituents is 1. The molecule has 9 heteroatoms. The van der Waals surface area contributed by atoms with Crippen molar-refractivity contribution < 1.29 is 23.7 Å². The summed E-state index contributed by atoms with van der Waals surface area (Å²) in [7, 11) is 0. The number of carbonyl (C=O) groups excluding carboxylic acids is 2. The largest absolute Gasteiger partial charge is 0.460 e. The second-order valence-electron chi connectivity index (χ2n) is 4.43. The molecule has 0 spiro atoms. The molecule has 0 bridgehead atoms. The lowest BCUT2D eigenvalue weighted by Gasteiger charge is -1.99. The molecule has 1 heterocycles. The van der Waals surface area contributed by atoms with Crippen LogP contribution in [0.1, 0.15) is 33.6 Å². The first-order chi connectivity index (χ1) is 11.5. The van der Waals surface area contributed by atoms with Crippen LogP contribution in [-0.2, 0) is 4.74 Å². The summed E-state index contributed by atoms with van der Waals surface area (Å²) in [6.07, 6.45) is 1.19. The summed E-state index contributed by atoms with van der Waals surface area (Å²) in [5.41, 5.74) is 2.10. The third-order valence-electron chi connectivity index (χ3n) is 2.78. The third-order valence-corrected chi connectivity index (χ3v) is 2.78. The van der Waals surface area contributed by atoms with Crippen LogP contribution in [0, 0.1) is 10.1 Å². The topological polar surface area (TPSA) is 124 Å². The summed E-state index contributed by atoms with van der Waals surface area (Å²) in [4.78, 5) is 33.4. The van der Waals surface area contributed by atoms with Crippen molar-refractivity contribution in [3.8, 4) is 0 Å². The van der Waals surface area contributed by atoms with Gasteiger partial charge < -0.3 is 9.15 Å². The molecule has 0 aliphatic rings. The monoisotopic (exact) mass is 331 g/mol. The first kappa shape index (κ1) is 16.9. The van der Waals surface area contributed by atoms with Crippen molar-refractivity contribution in [3.63, 3.8) is 0 Å². The summed E-state index contributed by atoms with van der Waals surface area (Å²) < 4.78 is 9.94. The van der Waals surface area contributed by atoms with Gasteiger partial charge in [0.05, 0.1) is 17.7 Å². The lowest BCUT2D eigenvalue weighted by molar-refractivity contribution is -0.384. The zero-order valence-corrected chi connectivity index (χ0v) is 12.6. The molecular weight excluding hydrogens is 318 g/mol. The molecule has 24 heavy (non-hydrogen) atoms. The number of hydrazone groups is 1. The van der Waals surface area contributed by atoms with Crippen LogP contribution in [0.15, 0.2) is 45.9 Å². The van der Waals surface area contributed by atoms with Crippen LogP contribution in [0.3, 0.4) is 0 Å². The summed E-state index contributed by atoms with van der Waals surface area (Å²) in [6.45, 7) is 1.90. The Bertz CT molecular complexity index is 796. The molecular formula is C15H13N3O6. The van der Waals surface area contributed by atoms with E-state index < -0.39 is 16.8 Å². The molecule has 0 atom stereocenters. The fourth-order valence-electron chi connectivity index (χ4n) is 1.71. The number of ether oxygens (including phenoxy) is 1. The van der Waals surface area contributed by atoms with Crippen molar-refractivity contribution >= 4 is 23.8 Å². The van der Waals surface area contributed by atoms with Gasteiger partial charge in [-0.15, -0.1) is 0 Å². The summed E-state index contributed by atoms with van der Waals surface area (Å²) in [5.74, 6) is -0.967. The van der Waals surface area contributed by atoms with Crippen molar-refractivity contribution in [2.24, 2.45) is 5.10 Å². The van der Waals surface area contributed by atoms with E-state index in [0.717, 1.165) is 6.07 Å². The first-order valence-electron chi connectivity index (χ1n) is 6.86. The maximum absolute atomic E-state index is 11.9. The van der Waals surface area contributed by atoms with Crippen LogP contribution in [-0.4, -0.2) is 29.6 Å². The van der Waals surface area contributed by atoms with Crippen LogP contribution in [0.4, 0.5) is 5.69 Å². The number of nitro groups is 1. The average Bonchev–Trinajstić information content (AvgIpc) is 3.04. The zero-order chi connectivity index (χ0) is 17.5. The first-order valence-corrected chi connectivity index (χ1v) is 6.86. The Labute approximate surface area is 136 Å². The van der Waals surface area contributed by atoms with Gasteiger partial charge in [0.15, 0.2) is 0 Å². The van der Waals surface area contributed by atoms with Crippen molar-refractivity contribution in [2.75, 3.05) is 6.61 Å². The van der Waals surface area contributed by atoms with Gasteiger partial charge in [-0.3, -0.25) is 14.9 Å². The van der Waals surface area contributed by atoms with Crippen LogP contribution in [0.2, 0.25) is 0 Å². The molecule has 0 radical (unpaired) electrons. The van der Waals surface area contributed by atoms with Crippen molar-refractivity contribution in [2.45, 2.75) is 6.92 Å². The molecule has 0 saturated carbocycles. The second kappa shape index (κ2) is 7.68. The number of carbonyl (C=O) groups is 2. The molecule has 1 aromatic carbocycles. The van der Waals surface area contributed by atoms with Gasteiger partial charge in [-0.2, -0.15) is 5.10 Å². The molecule has 1 aromatic heterocycles. The maximum Gasteiger partial charge on any atom is 0.374 e. The Balaban J connectivity index is 1.99. The Hall–Kier alpha value is -3.49. The van der Waals surface area contributed by atoms with Gasteiger partial charge in [0.1, 0.15) is 5.76 Å². The summed E-state index contributed by atoms with van der Waals surface area (Å²) in [5, 5.41) is 14.3. The predicted molar refractivity (Wildman–Crippen MR) is 82.8 cm³/mol. The Kier molecular flexibility index (Phi) is 5.40. The van der Waals surface area contributed by atoms with Crippen LogP contribution in [0.25, 0.3) is 0 Å². The number of esters is 1. The second-order valence-corrected chi connectivity index (χ2v) is 4.43. The number of benzene rings is 1. The van der Waals surface area contributed by atoms with Gasteiger partial charge in [0.2, 0.25) is 5.76 Å². The van der Waals surface area contributed by atoms with Gasteiger partial charge in [-0.1, -0.05) is 6.07 Å². The molecule has 124 valence electrons. The molecule has 2 rings (SSSR count). The highest BCUT2D eigenvalue weighted by Gasteiger charge is 2.12. The van der Waals surface area contributed by atoms with Crippen LogP contribution in [0.5, 0.6) is 0 Å². The number of hydrogen-bond donors (Lipinski definition) is 1. The maximum atomic E-state index is 11.9. The highest BCUT2D eigenvalue weighted by atomic mass is 16.6. The smallest absolute Gasteiger partial charge is 0.374 e. The molecule has 0 saturated heterocycles. The van der Waals surface area contributed by atoms with Crippen LogP contribution >= 0.6 is 0 Å². The van der Waals surface area contributed by atoms with Gasteiger partial charge in [-0.05, 0) is 25.1 Å². The van der Waals surface area contributed by atoms with E-state index >= 15 is 0 Å². The highest BCUT2D eigenvalue weighted by Crippen LogP contribution is 2.13. The van der Waals surface area contributed by atoms with E-state index in [1.807, 2.05) is 0 Å². The van der Waals surface area contributed by atoms with E-state index in [9.17, 15) is 19.7 Å². The minimum absolute atomic E-state index is 0.0170. The number of nitrogens with zero attached hydrogens (tertiary/aromatic N) is 2. The molecule has 1 N–H and O–H groups in total. The molecule has 0 aliphatic carbocycles. The van der Waals surface area contributed by atoms with Crippen molar-refractivity contribution in [1.82, 2.24) is 5.43 Å². The molecule has 9 nitrogen and oxygen atoms in total. The SMILES string of the molecule is CCOC(=O)c1ccc(/C=N/NC(=O)c2cccc([N+](=O)[O-])c2)o1. The fourth-order valence-corrected chi connectivity index (χ4v) is 1.71. The number of rotatable bonds is 6. The number of nitro benzene ring substituents is 1. The lowest BCUT2D eigenvalue weighted by atomic mass is 10.2. The minimum atomic E-state index is -0.618. The Morgan fingerprint density at radius 1 is 1.38 bits per heavy atom. The number of hydrogen-bond acceptors (Lipinski definition) is 7. The van der Waals surface area contributed by atoms with E-state index in [0.29, 0.717) is 0 Å². The van der Waals surface area contributed by atoms with Crippen molar-refractivity contribution in [1.29, 1.82) is 0 Å². The quantitative estimate of drug-likeness (QED) is 0.374. The lowest BCUT2D eigenvalue weighted by Crippen LogP contribution is -2.17. The normalized spacial score (nSPS) is 10.5. The Morgan fingerprint density at radius 3 is 2.88 bits per heavy atom. The van der Waals surface area contributed by atoms with Gasteiger partial charge >= 0.3 is 5.97 Å². The molecule has 0 aliphatic heterocycles.